The second kappa shape index (κ2) is 12.1. The van der Waals surface area contributed by atoms with Crippen LogP contribution in [0.25, 0.3) is 55.1 Å². The summed E-state index contributed by atoms with van der Waals surface area (Å²) in [6.07, 6.45) is 2.82. The Labute approximate surface area is 252 Å². The number of nitrogens with two attached hydrogens (primary N) is 1. The number of alkyl halides is 1. The molecule has 0 fully saturated rings. The van der Waals surface area contributed by atoms with Crippen LogP contribution in [-0.4, -0.2) is 37.7 Å². The molecular formula is C35H32FN5O3. The smallest absolute Gasteiger partial charge is 0.248 e. The molecule has 3 heterocycles. The summed E-state index contributed by atoms with van der Waals surface area (Å²) in [5.41, 5.74) is 11.7. The number of aromatic nitrogens is 4. The number of aryl methyl sites for hydroxylation is 2. The molecule has 9 heteroatoms. The normalized spacial score (nSPS) is 11.3. The van der Waals surface area contributed by atoms with Crippen molar-refractivity contribution >= 4 is 55.3 Å². The van der Waals surface area contributed by atoms with Crippen molar-refractivity contribution in [3.63, 3.8) is 0 Å². The number of amides is 1. The summed E-state index contributed by atoms with van der Waals surface area (Å²) < 4.78 is 22.2. The minimum Gasteiger partial charge on any atom is -0.423 e. The van der Waals surface area contributed by atoms with E-state index < -0.39 is 5.91 Å². The molecule has 222 valence electrons. The Morgan fingerprint density at radius 1 is 0.795 bits per heavy atom. The van der Waals surface area contributed by atoms with E-state index in [9.17, 15) is 14.0 Å². The number of primary amides is 1. The first-order valence-corrected chi connectivity index (χ1v) is 14.6. The van der Waals surface area contributed by atoms with Gasteiger partial charge >= 0.3 is 0 Å². The highest BCUT2D eigenvalue weighted by Crippen LogP contribution is 2.33. The second-order valence-corrected chi connectivity index (χ2v) is 10.7. The zero-order valence-electron chi connectivity index (χ0n) is 24.6. The molecule has 4 aromatic carbocycles. The van der Waals surface area contributed by atoms with Crippen molar-refractivity contribution in [2.24, 2.45) is 5.73 Å². The summed E-state index contributed by atoms with van der Waals surface area (Å²) in [5, 5.41) is 12.0. The van der Waals surface area contributed by atoms with Gasteiger partial charge in [-0.2, -0.15) is 0 Å². The molecule has 0 bridgehead atoms. The number of rotatable bonds is 8. The molecule has 0 unspecified atom stereocenters. The summed E-state index contributed by atoms with van der Waals surface area (Å²) in [7, 11) is 0. The van der Waals surface area contributed by atoms with Gasteiger partial charge in [-0.1, -0.05) is 31.2 Å². The lowest BCUT2D eigenvalue weighted by Crippen LogP contribution is -2.10. The molecule has 44 heavy (non-hydrogen) atoms. The minimum absolute atomic E-state index is 0.0482. The standard InChI is InChI=1S/C18H18N2O2.C17H14FN3O/c1-3-8-20-16-7-5-12(11(2)21)9-15(16)14-6-4-13(18(19)22)10-17(14)20;18-8-3-9-21-15-5-2-1-4-13(15)14-10-12(6-7-16(14)21)17-20-19-11-22-17/h4-7,9-10H,3,8H2,1-2H3,(H2,19,22);1-2,4-7,10-11H,3,8-9H2. The number of halogens is 1. The van der Waals surface area contributed by atoms with Crippen LogP contribution >= 0.6 is 0 Å². The zero-order valence-corrected chi connectivity index (χ0v) is 24.6. The molecular weight excluding hydrogens is 557 g/mol. The van der Waals surface area contributed by atoms with Crippen LogP contribution in [0.5, 0.6) is 0 Å². The van der Waals surface area contributed by atoms with Crippen LogP contribution in [0.2, 0.25) is 0 Å². The lowest BCUT2D eigenvalue weighted by atomic mass is 10.1. The number of hydrogen-bond acceptors (Lipinski definition) is 5. The van der Waals surface area contributed by atoms with E-state index in [2.05, 4.69) is 44.5 Å². The van der Waals surface area contributed by atoms with Gasteiger partial charge in [-0.25, -0.2) is 0 Å². The summed E-state index contributed by atoms with van der Waals surface area (Å²) >= 11 is 0. The summed E-state index contributed by atoms with van der Waals surface area (Å²) in [5.74, 6) is 0.120. The third-order valence-electron chi connectivity index (χ3n) is 7.90. The number of fused-ring (bicyclic) bond motifs is 6. The highest BCUT2D eigenvalue weighted by Gasteiger charge is 2.15. The third-order valence-corrected chi connectivity index (χ3v) is 7.90. The average Bonchev–Trinajstić information content (AvgIpc) is 3.76. The first-order chi connectivity index (χ1) is 21.4. The van der Waals surface area contributed by atoms with Gasteiger partial charge in [0, 0.05) is 73.4 Å². The van der Waals surface area contributed by atoms with Crippen LogP contribution in [0.4, 0.5) is 4.39 Å². The van der Waals surface area contributed by atoms with Gasteiger partial charge < -0.3 is 19.3 Å². The first-order valence-electron chi connectivity index (χ1n) is 14.6. The highest BCUT2D eigenvalue weighted by molar-refractivity contribution is 6.12. The number of nitrogens with zero attached hydrogens (tertiary/aromatic N) is 4. The van der Waals surface area contributed by atoms with Crippen molar-refractivity contribution in [3.05, 3.63) is 96.4 Å². The van der Waals surface area contributed by atoms with Crippen LogP contribution in [0.3, 0.4) is 0 Å². The van der Waals surface area contributed by atoms with Gasteiger partial charge in [0.2, 0.25) is 18.2 Å². The number of benzene rings is 4. The Morgan fingerprint density at radius 2 is 1.48 bits per heavy atom. The Morgan fingerprint density at radius 3 is 2.18 bits per heavy atom. The molecule has 0 radical (unpaired) electrons. The maximum absolute atomic E-state index is 12.6. The van der Waals surface area contributed by atoms with Crippen LogP contribution in [0, 0.1) is 0 Å². The van der Waals surface area contributed by atoms with Crippen molar-refractivity contribution < 1.29 is 18.4 Å². The fourth-order valence-corrected chi connectivity index (χ4v) is 5.88. The molecule has 0 aliphatic rings. The van der Waals surface area contributed by atoms with Gasteiger partial charge in [-0.15, -0.1) is 10.2 Å². The Hall–Kier alpha value is -5.31. The number of carbonyl (C=O) groups excluding carboxylic acids is 2. The average molecular weight is 590 g/mol. The molecule has 0 saturated carbocycles. The quantitative estimate of drug-likeness (QED) is 0.183. The second-order valence-electron chi connectivity index (χ2n) is 10.7. The monoisotopic (exact) mass is 589 g/mol. The highest BCUT2D eigenvalue weighted by atomic mass is 19.1. The SMILES string of the molecule is CCCn1c2ccc(C(C)=O)cc2c2ccc(C(N)=O)cc21.FCCCn1c2ccccc2c2cc(-c3nnco3)ccc21. The Bertz CT molecular complexity index is 2140. The number of para-hydroxylation sites is 1. The van der Waals surface area contributed by atoms with Gasteiger partial charge in [0.1, 0.15) is 0 Å². The van der Waals surface area contributed by atoms with Crippen molar-refractivity contribution in [2.75, 3.05) is 6.67 Å². The third kappa shape index (κ3) is 5.21. The topological polar surface area (TPSA) is 109 Å². The summed E-state index contributed by atoms with van der Waals surface area (Å²) in [6.45, 7) is 4.88. The molecule has 0 aliphatic heterocycles. The molecule has 0 spiro atoms. The Kier molecular flexibility index (Phi) is 7.93. The molecule has 7 aromatic rings. The van der Waals surface area contributed by atoms with Gasteiger partial charge in [0.15, 0.2) is 5.78 Å². The summed E-state index contributed by atoms with van der Waals surface area (Å²) in [6, 6.07) is 25.5. The van der Waals surface area contributed by atoms with E-state index in [1.54, 1.807) is 13.0 Å². The molecule has 1 amide bonds. The van der Waals surface area contributed by atoms with E-state index in [4.69, 9.17) is 10.2 Å². The summed E-state index contributed by atoms with van der Waals surface area (Å²) in [4.78, 5) is 23.1. The largest absolute Gasteiger partial charge is 0.423 e. The van der Waals surface area contributed by atoms with Crippen LogP contribution in [0.15, 0.2) is 89.7 Å². The van der Waals surface area contributed by atoms with Gasteiger partial charge in [-0.05, 0) is 74.4 Å². The van der Waals surface area contributed by atoms with E-state index in [-0.39, 0.29) is 12.5 Å². The molecule has 7 rings (SSSR count). The predicted molar refractivity (Wildman–Crippen MR) is 172 cm³/mol. The lowest BCUT2D eigenvalue weighted by molar-refractivity contribution is 0.0996. The lowest BCUT2D eigenvalue weighted by Gasteiger charge is -2.06. The molecule has 2 N–H and O–H groups in total. The molecule has 8 nitrogen and oxygen atoms in total. The zero-order chi connectivity index (χ0) is 30.8. The maximum atomic E-state index is 12.6. The Balaban J connectivity index is 0.000000156. The van der Waals surface area contributed by atoms with Crippen LogP contribution in [-0.2, 0) is 13.1 Å². The fraction of sp³-hybridized carbons (Fsp3) is 0.200. The fourth-order valence-electron chi connectivity index (χ4n) is 5.88. The van der Waals surface area contributed by atoms with E-state index in [1.165, 1.54) is 6.39 Å². The van der Waals surface area contributed by atoms with Gasteiger partial charge in [-0.3, -0.25) is 14.0 Å². The molecule has 0 aliphatic carbocycles. The van der Waals surface area contributed by atoms with Crippen molar-refractivity contribution in [1.82, 2.24) is 19.3 Å². The molecule has 3 aromatic heterocycles. The van der Waals surface area contributed by atoms with E-state index in [0.29, 0.717) is 30.0 Å². The molecule has 0 saturated heterocycles. The van der Waals surface area contributed by atoms with Crippen molar-refractivity contribution in [2.45, 2.75) is 39.8 Å². The minimum atomic E-state index is -0.431. The number of hydrogen-bond donors (Lipinski definition) is 1. The van der Waals surface area contributed by atoms with E-state index >= 15 is 0 Å². The number of ketones is 1. The van der Waals surface area contributed by atoms with Crippen LogP contribution in [0.1, 0.15) is 47.4 Å². The van der Waals surface area contributed by atoms with Gasteiger partial charge in [0.05, 0.1) is 6.67 Å². The van der Waals surface area contributed by atoms with Crippen molar-refractivity contribution in [3.8, 4) is 11.5 Å². The first kappa shape index (κ1) is 28.8. The predicted octanol–water partition coefficient (Wildman–Crippen LogP) is 7.71. The van der Waals surface area contributed by atoms with E-state index in [0.717, 1.165) is 62.1 Å². The van der Waals surface area contributed by atoms with Crippen LogP contribution < -0.4 is 5.73 Å². The number of Topliss-reactive ketones (excluding diaryl/α,β-unsaturated/α-hetero) is 1. The number of carbonyl (C=O) groups is 2. The van der Waals surface area contributed by atoms with E-state index in [1.807, 2.05) is 54.6 Å². The maximum Gasteiger partial charge on any atom is 0.248 e. The molecule has 0 atom stereocenters. The van der Waals surface area contributed by atoms with Crippen molar-refractivity contribution in [1.29, 1.82) is 0 Å². The van der Waals surface area contributed by atoms with Gasteiger partial charge in [0.25, 0.3) is 0 Å².